The van der Waals surface area contributed by atoms with Crippen molar-refractivity contribution < 1.29 is 4.74 Å². The molecule has 0 radical (unpaired) electrons. The van der Waals surface area contributed by atoms with Crippen molar-refractivity contribution in [1.29, 1.82) is 0 Å². The van der Waals surface area contributed by atoms with E-state index in [0.29, 0.717) is 35.7 Å². The van der Waals surface area contributed by atoms with Crippen LogP contribution in [0.3, 0.4) is 0 Å². The summed E-state index contributed by atoms with van der Waals surface area (Å²) >= 11 is 0. The molecular formula is C18H20N6O2. The van der Waals surface area contributed by atoms with Crippen molar-refractivity contribution in [2.24, 2.45) is 11.8 Å². The topological polar surface area (TPSA) is 109 Å². The lowest BCUT2D eigenvalue weighted by Crippen LogP contribution is -2.36. The molecule has 3 N–H and O–H groups in total. The Morgan fingerprint density at radius 1 is 1.15 bits per heavy atom. The third kappa shape index (κ3) is 2.86. The molecule has 3 heterocycles. The van der Waals surface area contributed by atoms with E-state index in [1.54, 1.807) is 12.4 Å². The lowest BCUT2D eigenvalue weighted by molar-refractivity contribution is 0.0372. The first-order chi connectivity index (χ1) is 12.8. The first-order valence-electron chi connectivity index (χ1n) is 8.96. The molecule has 1 aromatic carbocycles. The van der Waals surface area contributed by atoms with Gasteiger partial charge in [0.2, 0.25) is 5.95 Å². The number of nitrogens with one attached hydrogen (secondary N) is 3. The van der Waals surface area contributed by atoms with E-state index >= 15 is 0 Å². The third-order valence-corrected chi connectivity index (χ3v) is 5.53. The van der Waals surface area contributed by atoms with Crippen LogP contribution in [0.2, 0.25) is 0 Å². The number of nitrogens with zero attached hydrogens (tertiary/aromatic N) is 3. The van der Waals surface area contributed by atoms with Crippen LogP contribution in [0, 0.1) is 11.8 Å². The highest BCUT2D eigenvalue weighted by atomic mass is 16.5. The first-order valence-corrected chi connectivity index (χ1v) is 8.96. The number of aromatic amines is 2. The maximum Gasteiger partial charge on any atom is 0.271 e. The van der Waals surface area contributed by atoms with Gasteiger partial charge in [0.1, 0.15) is 0 Å². The zero-order valence-corrected chi connectivity index (χ0v) is 14.2. The fourth-order valence-electron chi connectivity index (χ4n) is 4.16. The highest BCUT2D eigenvalue weighted by Crippen LogP contribution is 2.53. The molecule has 1 saturated heterocycles. The van der Waals surface area contributed by atoms with E-state index in [0.717, 1.165) is 18.5 Å². The summed E-state index contributed by atoms with van der Waals surface area (Å²) in [6, 6.07) is 6.30. The van der Waals surface area contributed by atoms with E-state index in [-0.39, 0.29) is 11.6 Å². The molecule has 0 spiro atoms. The Hall–Kier alpha value is -2.74. The molecule has 1 aliphatic heterocycles. The summed E-state index contributed by atoms with van der Waals surface area (Å²) < 4.78 is 5.84. The summed E-state index contributed by atoms with van der Waals surface area (Å²) in [4.78, 5) is 15.8. The fourth-order valence-corrected chi connectivity index (χ4v) is 4.16. The predicted molar refractivity (Wildman–Crippen MR) is 95.9 cm³/mol. The minimum Gasteiger partial charge on any atom is -0.379 e. The van der Waals surface area contributed by atoms with Crippen LogP contribution >= 0.6 is 0 Å². The summed E-state index contributed by atoms with van der Waals surface area (Å²) in [7, 11) is 0. The molecule has 8 heteroatoms. The van der Waals surface area contributed by atoms with Crippen LogP contribution in [0.5, 0.6) is 0 Å². The second kappa shape index (κ2) is 6.21. The molecule has 134 valence electrons. The SMILES string of the molecule is O=c1[nH][nH]c2cc(C3CC3C3COCC(Nc4nccnn4)C3)ccc12. The van der Waals surface area contributed by atoms with Gasteiger partial charge in [-0.15, -0.1) is 5.10 Å². The Balaban J connectivity index is 1.26. The van der Waals surface area contributed by atoms with Crippen molar-refractivity contribution in [2.45, 2.75) is 24.8 Å². The van der Waals surface area contributed by atoms with Crippen molar-refractivity contribution in [3.05, 3.63) is 46.5 Å². The number of hydrogen-bond acceptors (Lipinski definition) is 6. The predicted octanol–water partition coefficient (Wildman–Crippen LogP) is 1.66. The number of anilines is 1. The molecule has 8 nitrogen and oxygen atoms in total. The molecular weight excluding hydrogens is 332 g/mol. The first kappa shape index (κ1) is 15.5. The molecule has 0 bridgehead atoms. The minimum atomic E-state index is -0.0638. The van der Waals surface area contributed by atoms with Gasteiger partial charge < -0.3 is 10.1 Å². The Labute approximate surface area is 149 Å². The normalized spacial score (nSPS) is 28.2. The van der Waals surface area contributed by atoms with Crippen LogP contribution in [0.15, 0.2) is 35.4 Å². The van der Waals surface area contributed by atoms with Gasteiger partial charge in [-0.25, -0.2) is 4.98 Å². The fraction of sp³-hybridized carbons (Fsp3) is 0.444. The molecule has 5 rings (SSSR count). The van der Waals surface area contributed by atoms with E-state index in [4.69, 9.17) is 4.74 Å². The molecule has 2 aliphatic rings. The van der Waals surface area contributed by atoms with Gasteiger partial charge in [0.25, 0.3) is 5.56 Å². The number of rotatable bonds is 4. The van der Waals surface area contributed by atoms with E-state index in [2.05, 4.69) is 42.8 Å². The number of benzene rings is 1. The molecule has 4 unspecified atom stereocenters. The largest absolute Gasteiger partial charge is 0.379 e. The van der Waals surface area contributed by atoms with Gasteiger partial charge >= 0.3 is 0 Å². The second-order valence-corrected chi connectivity index (χ2v) is 7.23. The van der Waals surface area contributed by atoms with Crippen LogP contribution in [-0.4, -0.2) is 44.6 Å². The van der Waals surface area contributed by atoms with E-state index in [1.165, 1.54) is 12.0 Å². The minimum absolute atomic E-state index is 0.0638. The van der Waals surface area contributed by atoms with Gasteiger partial charge in [-0.2, -0.15) is 5.10 Å². The van der Waals surface area contributed by atoms with Gasteiger partial charge in [0.15, 0.2) is 0 Å². The molecule has 3 aromatic rings. The van der Waals surface area contributed by atoms with Gasteiger partial charge in [-0.05, 0) is 48.3 Å². The smallest absolute Gasteiger partial charge is 0.271 e. The average molecular weight is 352 g/mol. The molecule has 2 aromatic heterocycles. The Morgan fingerprint density at radius 2 is 2.12 bits per heavy atom. The monoisotopic (exact) mass is 352 g/mol. The average Bonchev–Trinajstić information content (AvgIpc) is 3.40. The summed E-state index contributed by atoms with van der Waals surface area (Å²) in [5, 5.41) is 17.5. The van der Waals surface area contributed by atoms with Crippen molar-refractivity contribution in [1.82, 2.24) is 25.4 Å². The summed E-state index contributed by atoms with van der Waals surface area (Å²) in [5.74, 6) is 2.23. The maximum absolute atomic E-state index is 11.6. The van der Waals surface area contributed by atoms with Crippen molar-refractivity contribution in [3.8, 4) is 0 Å². The van der Waals surface area contributed by atoms with Crippen molar-refractivity contribution in [2.75, 3.05) is 18.5 Å². The summed E-state index contributed by atoms with van der Waals surface area (Å²) in [5.41, 5.74) is 2.11. The lowest BCUT2D eigenvalue weighted by atomic mass is 9.91. The number of ether oxygens (including phenoxy) is 1. The van der Waals surface area contributed by atoms with Gasteiger partial charge in [-0.1, -0.05) is 6.07 Å². The zero-order valence-electron chi connectivity index (χ0n) is 14.2. The highest BCUT2D eigenvalue weighted by molar-refractivity contribution is 5.78. The standard InChI is InChI=1S/C18H20N6O2/c25-17-13-2-1-10(6-16(13)22-23-17)14-7-15(14)11-5-12(9-26-8-11)21-18-19-3-4-20-24-18/h1-4,6,11-12,14-15H,5,7-9H2,(H,19,21,24)(H2,22,23,25). The molecule has 2 fully saturated rings. The van der Waals surface area contributed by atoms with Gasteiger partial charge in [0.05, 0.1) is 35.9 Å². The van der Waals surface area contributed by atoms with Crippen LogP contribution in [0.1, 0.15) is 24.3 Å². The third-order valence-electron chi connectivity index (χ3n) is 5.53. The Bertz CT molecular complexity index is 968. The van der Waals surface area contributed by atoms with Gasteiger partial charge in [0, 0.05) is 6.61 Å². The Kier molecular flexibility index (Phi) is 3.70. The van der Waals surface area contributed by atoms with E-state index in [9.17, 15) is 4.79 Å². The van der Waals surface area contributed by atoms with Crippen LogP contribution < -0.4 is 10.9 Å². The molecule has 0 amide bonds. The Morgan fingerprint density at radius 3 is 3.00 bits per heavy atom. The summed E-state index contributed by atoms with van der Waals surface area (Å²) in [6.07, 6.45) is 5.41. The number of H-pyrrole nitrogens is 2. The maximum atomic E-state index is 11.6. The highest BCUT2D eigenvalue weighted by Gasteiger charge is 2.45. The quantitative estimate of drug-likeness (QED) is 0.659. The van der Waals surface area contributed by atoms with Crippen LogP contribution in [0.4, 0.5) is 5.95 Å². The molecule has 4 atom stereocenters. The van der Waals surface area contributed by atoms with Crippen LogP contribution in [-0.2, 0) is 4.74 Å². The summed E-state index contributed by atoms with van der Waals surface area (Å²) in [6.45, 7) is 1.47. The van der Waals surface area contributed by atoms with E-state index in [1.807, 2.05) is 6.07 Å². The molecule has 1 aliphatic carbocycles. The number of fused-ring (bicyclic) bond motifs is 1. The van der Waals surface area contributed by atoms with E-state index < -0.39 is 0 Å². The lowest BCUT2D eigenvalue weighted by Gasteiger charge is -2.30. The number of hydrogen-bond donors (Lipinski definition) is 3. The molecule has 26 heavy (non-hydrogen) atoms. The van der Waals surface area contributed by atoms with Crippen molar-refractivity contribution in [3.63, 3.8) is 0 Å². The van der Waals surface area contributed by atoms with Crippen molar-refractivity contribution >= 4 is 16.9 Å². The zero-order chi connectivity index (χ0) is 17.5. The van der Waals surface area contributed by atoms with Crippen LogP contribution in [0.25, 0.3) is 10.9 Å². The number of aromatic nitrogens is 5. The van der Waals surface area contributed by atoms with Gasteiger partial charge in [-0.3, -0.25) is 15.0 Å². The molecule has 1 saturated carbocycles. The second-order valence-electron chi connectivity index (χ2n) is 7.23.